The van der Waals surface area contributed by atoms with E-state index in [0.717, 1.165) is 11.8 Å². The van der Waals surface area contributed by atoms with Crippen LogP contribution >= 0.6 is 0 Å². The van der Waals surface area contributed by atoms with Crippen LogP contribution in [0.4, 0.5) is 0 Å². The van der Waals surface area contributed by atoms with Gasteiger partial charge in [0.15, 0.2) is 0 Å². The van der Waals surface area contributed by atoms with Gasteiger partial charge in [0.05, 0.1) is 0 Å². The van der Waals surface area contributed by atoms with Gasteiger partial charge in [-0.25, -0.2) is 0 Å². The molecule has 0 aromatic rings. The highest BCUT2D eigenvalue weighted by atomic mass is 14.9. The number of piperidine rings is 1. The second-order valence-electron chi connectivity index (χ2n) is 6.01. The van der Waals surface area contributed by atoms with Crippen LogP contribution in [0.3, 0.4) is 0 Å². The summed E-state index contributed by atoms with van der Waals surface area (Å²) in [7, 11) is 0. The summed E-state index contributed by atoms with van der Waals surface area (Å²) in [4.78, 5) is 0. The van der Waals surface area contributed by atoms with Crippen LogP contribution in [-0.2, 0) is 0 Å². The first-order valence-electron chi connectivity index (χ1n) is 6.61. The Morgan fingerprint density at radius 2 is 2.00 bits per heavy atom. The summed E-state index contributed by atoms with van der Waals surface area (Å²) in [5.74, 6) is 1.94. The molecule has 2 heteroatoms. The normalized spacial score (nSPS) is 27.6. The topological polar surface area (TPSA) is 24.1 Å². The zero-order valence-corrected chi connectivity index (χ0v) is 10.3. The van der Waals surface area contributed by atoms with Crippen molar-refractivity contribution >= 4 is 0 Å². The number of hydrogen-bond acceptors (Lipinski definition) is 2. The van der Waals surface area contributed by atoms with Gasteiger partial charge in [-0.05, 0) is 62.6 Å². The van der Waals surface area contributed by atoms with Crippen molar-refractivity contribution in [3.05, 3.63) is 0 Å². The Balaban J connectivity index is 1.63. The van der Waals surface area contributed by atoms with E-state index < -0.39 is 0 Å². The van der Waals surface area contributed by atoms with Crippen LogP contribution < -0.4 is 10.6 Å². The predicted octanol–water partition coefficient (Wildman–Crippen LogP) is 2.01. The maximum Gasteiger partial charge on any atom is 0.000623 e. The fourth-order valence-electron chi connectivity index (χ4n) is 2.64. The lowest BCUT2D eigenvalue weighted by Gasteiger charge is -2.34. The summed E-state index contributed by atoms with van der Waals surface area (Å²) in [6.07, 6.45) is 5.61. The van der Waals surface area contributed by atoms with Gasteiger partial charge in [-0.3, -0.25) is 0 Å². The molecule has 0 bridgehead atoms. The molecule has 2 aliphatic rings. The smallest absolute Gasteiger partial charge is 0.000623 e. The monoisotopic (exact) mass is 210 g/mol. The van der Waals surface area contributed by atoms with Crippen LogP contribution in [0.2, 0.25) is 0 Å². The summed E-state index contributed by atoms with van der Waals surface area (Å²) in [5.41, 5.74) is 0.550. The molecule has 0 radical (unpaired) electrons. The third kappa shape index (κ3) is 3.46. The first kappa shape index (κ1) is 11.4. The minimum Gasteiger partial charge on any atom is -0.317 e. The van der Waals surface area contributed by atoms with Gasteiger partial charge in [0.1, 0.15) is 0 Å². The standard InChI is InChI=1S/C13H26N2/c1-11(12-3-4-12)9-15-10-13(2)5-7-14-8-6-13/h11-12,14-15H,3-10H2,1-2H3. The maximum absolute atomic E-state index is 3.69. The van der Waals surface area contributed by atoms with E-state index in [9.17, 15) is 0 Å². The zero-order chi connectivity index (χ0) is 10.7. The molecule has 0 amide bonds. The molecule has 0 aromatic heterocycles. The van der Waals surface area contributed by atoms with Crippen molar-refractivity contribution in [3.63, 3.8) is 0 Å². The molecule has 1 saturated carbocycles. The molecule has 1 atom stereocenters. The van der Waals surface area contributed by atoms with E-state index in [1.54, 1.807) is 0 Å². The van der Waals surface area contributed by atoms with Crippen molar-refractivity contribution < 1.29 is 0 Å². The van der Waals surface area contributed by atoms with E-state index in [2.05, 4.69) is 24.5 Å². The number of hydrogen-bond donors (Lipinski definition) is 2. The van der Waals surface area contributed by atoms with Crippen molar-refractivity contribution in [2.24, 2.45) is 17.3 Å². The molecule has 1 saturated heterocycles. The third-order valence-corrected chi connectivity index (χ3v) is 4.26. The van der Waals surface area contributed by atoms with E-state index in [1.807, 2.05) is 0 Å². The van der Waals surface area contributed by atoms with Crippen LogP contribution in [0, 0.1) is 17.3 Å². The molecule has 0 aromatic carbocycles. The zero-order valence-electron chi connectivity index (χ0n) is 10.3. The van der Waals surface area contributed by atoms with Crippen molar-refractivity contribution in [2.75, 3.05) is 26.2 Å². The molecule has 1 unspecified atom stereocenters. The highest BCUT2D eigenvalue weighted by Crippen LogP contribution is 2.36. The Morgan fingerprint density at radius 1 is 1.33 bits per heavy atom. The highest BCUT2D eigenvalue weighted by Gasteiger charge is 2.29. The Morgan fingerprint density at radius 3 is 2.60 bits per heavy atom. The van der Waals surface area contributed by atoms with Gasteiger partial charge in [-0.1, -0.05) is 13.8 Å². The summed E-state index contributed by atoms with van der Waals surface area (Å²) in [5, 5.41) is 7.13. The summed E-state index contributed by atoms with van der Waals surface area (Å²) in [6, 6.07) is 0. The van der Waals surface area contributed by atoms with E-state index in [1.165, 1.54) is 51.9 Å². The molecule has 2 fully saturated rings. The Bertz CT molecular complexity index is 193. The Kier molecular flexibility index (Phi) is 3.68. The van der Waals surface area contributed by atoms with Gasteiger partial charge >= 0.3 is 0 Å². The third-order valence-electron chi connectivity index (χ3n) is 4.26. The predicted molar refractivity (Wildman–Crippen MR) is 65.0 cm³/mol. The molecule has 2 nitrogen and oxygen atoms in total. The summed E-state index contributed by atoms with van der Waals surface area (Å²) in [6.45, 7) is 9.68. The van der Waals surface area contributed by atoms with Crippen molar-refractivity contribution in [3.8, 4) is 0 Å². The van der Waals surface area contributed by atoms with E-state index >= 15 is 0 Å². The molecule has 15 heavy (non-hydrogen) atoms. The van der Waals surface area contributed by atoms with Crippen molar-refractivity contribution in [2.45, 2.75) is 39.5 Å². The molecule has 2 rings (SSSR count). The fraction of sp³-hybridized carbons (Fsp3) is 1.00. The Hall–Kier alpha value is -0.0800. The van der Waals surface area contributed by atoms with E-state index in [0.29, 0.717) is 5.41 Å². The van der Waals surface area contributed by atoms with Crippen LogP contribution in [0.1, 0.15) is 39.5 Å². The molecule has 88 valence electrons. The fourth-order valence-corrected chi connectivity index (χ4v) is 2.64. The lowest BCUT2D eigenvalue weighted by Crippen LogP contribution is -2.42. The SMILES string of the molecule is CC(CNCC1(C)CCNCC1)C1CC1. The summed E-state index contributed by atoms with van der Waals surface area (Å²) >= 11 is 0. The lowest BCUT2D eigenvalue weighted by molar-refractivity contribution is 0.216. The van der Waals surface area contributed by atoms with Gasteiger partial charge in [-0.2, -0.15) is 0 Å². The molecule has 2 N–H and O–H groups in total. The summed E-state index contributed by atoms with van der Waals surface area (Å²) < 4.78 is 0. The number of rotatable bonds is 5. The molecule has 1 aliphatic carbocycles. The van der Waals surface area contributed by atoms with Gasteiger partial charge < -0.3 is 10.6 Å². The average Bonchev–Trinajstić information content (AvgIpc) is 3.01. The van der Waals surface area contributed by atoms with Crippen LogP contribution in [0.5, 0.6) is 0 Å². The second-order valence-corrected chi connectivity index (χ2v) is 6.01. The van der Waals surface area contributed by atoms with Crippen LogP contribution in [0.15, 0.2) is 0 Å². The van der Waals surface area contributed by atoms with E-state index in [4.69, 9.17) is 0 Å². The highest BCUT2D eigenvalue weighted by molar-refractivity contribution is 4.84. The molecule has 0 spiro atoms. The van der Waals surface area contributed by atoms with Gasteiger partial charge in [-0.15, -0.1) is 0 Å². The maximum atomic E-state index is 3.69. The van der Waals surface area contributed by atoms with Crippen molar-refractivity contribution in [1.29, 1.82) is 0 Å². The van der Waals surface area contributed by atoms with Gasteiger partial charge in [0.25, 0.3) is 0 Å². The minimum absolute atomic E-state index is 0.550. The average molecular weight is 210 g/mol. The minimum atomic E-state index is 0.550. The lowest BCUT2D eigenvalue weighted by atomic mass is 9.81. The molecular weight excluding hydrogens is 184 g/mol. The number of nitrogens with one attached hydrogen (secondary N) is 2. The Labute approximate surface area is 94.2 Å². The largest absolute Gasteiger partial charge is 0.317 e. The van der Waals surface area contributed by atoms with Crippen molar-refractivity contribution in [1.82, 2.24) is 10.6 Å². The van der Waals surface area contributed by atoms with Crippen LogP contribution in [-0.4, -0.2) is 26.2 Å². The molecule has 1 aliphatic heterocycles. The first-order valence-corrected chi connectivity index (χ1v) is 6.61. The van der Waals surface area contributed by atoms with Gasteiger partial charge in [0, 0.05) is 6.54 Å². The quantitative estimate of drug-likeness (QED) is 0.725. The van der Waals surface area contributed by atoms with E-state index in [-0.39, 0.29) is 0 Å². The first-order chi connectivity index (χ1) is 7.20. The second kappa shape index (κ2) is 4.84. The van der Waals surface area contributed by atoms with Gasteiger partial charge in [0.2, 0.25) is 0 Å². The van der Waals surface area contributed by atoms with Crippen LogP contribution in [0.25, 0.3) is 0 Å². The molecule has 1 heterocycles. The molecular formula is C13H26N2.